The molecule has 0 aromatic carbocycles. The quantitative estimate of drug-likeness (QED) is 0.943. The highest BCUT2D eigenvalue weighted by Crippen LogP contribution is 2.35. The van der Waals surface area contributed by atoms with Crippen LogP contribution in [0.2, 0.25) is 5.15 Å². The van der Waals surface area contributed by atoms with Crippen LogP contribution in [-0.2, 0) is 13.5 Å². The fourth-order valence-electron chi connectivity index (χ4n) is 1.44. The molecule has 0 spiro atoms. The monoisotopic (exact) mass is 320 g/mol. The van der Waals surface area contributed by atoms with Gasteiger partial charge in [0.25, 0.3) is 0 Å². The molecule has 0 saturated carbocycles. The van der Waals surface area contributed by atoms with Crippen LogP contribution in [0, 0.1) is 0 Å². The number of imidazole rings is 1. The fraction of sp³-hybridized carbons (Fsp3) is 0.300. The Morgan fingerprint density at radius 2 is 2.31 bits per heavy atom. The van der Waals surface area contributed by atoms with E-state index in [0.717, 1.165) is 20.2 Å². The van der Waals surface area contributed by atoms with E-state index in [0.29, 0.717) is 11.6 Å². The number of aliphatic hydroxyl groups is 1. The molecule has 16 heavy (non-hydrogen) atoms. The Balaban J connectivity index is 2.45. The van der Waals surface area contributed by atoms with Crippen LogP contribution < -0.4 is 0 Å². The molecule has 0 aliphatic carbocycles. The third kappa shape index (κ3) is 2.18. The minimum atomic E-state index is 0.0781. The first kappa shape index (κ1) is 12.1. The van der Waals surface area contributed by atoms with Crippen LogP contribution in [0.4, 0.5) is 0 Å². The molecule has 2 heterocycles. The zero-order valence-electron chi connectivity index (χ0n) is 8.57. The van der Waals surface area contributed by atoms with Gasteiger partial charge >= 0.3 is 0 Å². The number of hydrogen-bond acceptors (Lipinski definition) is 3. The van der Waals surface area contributed by atoms with Gasteiger partial charge in [-0.1, -0.05) is 11.6 Å². The first-order valence-corrected chi connectivity index (χ1v) is 6.70. The van der Waals surface area contributed by atoms with E-state index in [2.05, 4.69) is 20.9 Å². The highest BCUT2D eigenvalue weighted by molar-refractivity contribution is 9.11. The molecule has 6 heteroatoms. The second kappa shape index (κ2) is 4.87. The minimum absolute atomic E-state index is 0.0781. The highest BCUT2D eigenvalue weighted by Gasteiger charge is 2.15. The summed E-state index contributed by atoms with van der Waals surface area (Å²) >= 11 is 11.2. The maximum absolute atomic E-state index is 8.92. The third-order valence-electron chi connectivity index (χ3n) is 2.26. The maximum atomic E-state index is 8.92. The predicted octanol–water partition coefficient (Wildman–Crippen LogP) is 3.10. The average molecular weight is 322 g/mol. The molecule has 0 bridgehead atoms. The maximum Gasteiger partial charge on any atom is 0.137 e. The van der Waals surface area contributed by atoms with Crippen LogP contribution in [0.1, 0.15) is 5.82 Å². The first-order chi connectivity index (χ1) is 7.63. The van der Waals surface area contributed by atoms with Crippen LogP contribution in [0.15, 0.2) is 15.9 Å². The van der Waals surface area contributed by atoms with E-state index in [1.807, 2.05) is 19.2 Å². The number of hydrogen-bond donors (Lipinski definition) is 1. The van der Waals surface area contributed by atoms with Crippen molar-refractivity contribution in [3.05, 3.63) is 26.9 Å². The summed E-state index contributed by atoms with van der Waals surface area (Å²) in [5, 5.41) is 9.53. The normalized spacial score (nSPS) is 11.0. The number of halogens is 2. The Labute approximate surface area is 111 Å². The molecule has 0 fully saturated rings. The van der Waals surface area contributed by atoms with Crippen molar-refractivity contribution in [2.75, 3.05) is 6.61 Å². The lowest BCUT2D eigenvalue weighted by molar-refractivity contribution is 0.295. The number of aromatic nitrogens is 2. The average Bonchev–Trinajstić information content (AvgIpc) is 2.78. The molecule has 0 saturated heterocycles. The lowest BCUT2D eigenvalue weighted by atomic mass is 10.4. The van der Waals surface area contributed by atoms with Crippen molar-refractivity contribution in [1.82, 2.24) is 9.55 Å². The fourth-order valence-corrected chi connectivity index (χ4v) is 3.12. The molecule has 3 nitrogen and oxygen atoms in total. The van der Waals surface area contributed by atoms with Crippen molar-refractivity contribution in [2.24, 2.45) is 7.05 Å². The van der Waals surface area contributed by atoms with Gasteiger partial charge < -0.3 is 9.67 Å². The molecule has 0 radical (unpaired) electrons. The summed E-state index contributed by atoms with van der Waals surface area (Å²) in [4.78, 5) is 5.47. The smallest absolute Gasteiger partial charge is 0.137 e. The van der Waals surface area contributed by atoms with Gasteiger partial charge in [-0.15, -0.1) is 11.3 Å². The van der Waals surface area contributed by atoms with Crippen molar-refractivity contribution in [3.8, 4) is 10.6 Å². The van der Waals surface area contributed by atoms with Gasteiger partial charge in [-0.2, -0.15) is 0 Å². The topological polar surface area (TPSA) is 38.0 Å². The SMILES string of the molecule is Cn1c(CCO)nc(-c2ccc(Br)s2)c1Cl. The van der Waals surface area contributed by atoms with Crippen molar-refractivity contribution in [3.63, 3.8) is 0 Å². The summed E-state index contributed by atoms with van der Waals surface area (Å²) in [7, 11) is 1.85. The van der Waals surface area contributed by atoms with E-state index in [4.69, 9.17) is 16.7 Å². The predicted molar refractivity (Wildman–Crippen MR) is 70.0 cm³/mol. The standard InChI is InChI=1S/C10H10BrClN2OS/c1-14-8(4-5-15)13-9(10(14)12)6-2-3-7(11)16-6/h2-3,15H,4-5H2,1H3. The first-order valence-electron chi connectivity index (χ1n) is 4.71. The number of thiophene rings is 1. The van der Waals surface area contributed by atoms with Gasteiger partial charge in [-0.3, -0.25) is 0 Å². The van der Waals surface area contributed by atoms with Crippen molar-refractivity contribution in [2.45, 2.75) is 6.42 Å². The molecule has 0 aliphatic heterocycles. The molecule has 0 unspecified atom stereocenters. The van der Waals surface area contributed by atoms with Gasteiger partial charge in [-0.25, -0.2) is 4.98 Å². The molecule has 2 aromatic heterocycles. The number of nitrogens with zero attached hydrogens (tertiary/aromatic N) is 2. The van der Waals surface area contributed by atoms with Crippen LogP contribution in [0.3, 0.4) is 0 Å². The second-order valence-electron chi connectivity index (χ2n) is 3.30. The van der Waals surface area contributed by atoms with E-state index >= 15 is 0 Å². The molecule has 0 aliphatic rings. The third-order valence-corrected chi connectivity index (χ3v) is 4.32. The van der Waals surface area contributed by atoms with Gasteiger partial charge in [0, 0.05) is 13.5 Å². The number of aliphatic hydroxyl groups excluding tert-OH is 1. The van der Waals surface area contributed by atoms with E-state index in [-0.39, 0.29) is 6.61 Å². The van der Waals surface area contributed by atoms with Gasteiger partial charge in [0.2, 0.25) is 0 Å². The van der Waals surface area contributed by atoms with Gasteiger partial charge in [-0.05, 0) is 28.1 Å². The summed E-state index contributed by atoms with van der Waals surface area (Å²) in [6.07, 6.45) is 0.517. The molecule has 0 amide bonds. The van der Waals surface area contributed by atoms with Crippen molar-refractivity contribution < 1.29 is 5.11 Å². The molecular weight excluding hydrogens is 312 g/mol. The molecule has 2 aromatic rings. The summed E-state index contributed by atoms with van der Waals surface area (Å²) < 4.78 is 2.86. The van der Waals surface area contributed by atoms with E-state index in [1.54, 1.807) is 15.9 Å². The molecular formula is C10H10BrClN2OS. The van der Waals surface area contributed by atoms with Crippen LogP contribution in [0.5, 0.6) is 0 Å². The molecule has 86 valence electrons. The van der Waals surface area contributed by atoms with E-state index in [1.165, 1.54) is 0 Å². The van der Waals surface area contributed by atoms with Crippen LogP contribution in [-0.4, -0.2) is 21.3 Å². The van der Waals surface area contributed by atoms with Crippen LogP contribution >= 0.6 is 38.9 Å². The molecule has 0 atom stereocenters. The van der Waals surface area contributed by atoms with Gasteiger partial charge in [0.1, 0.15) is 16.7 Å². The molecule has 2 rings (SSSR count). The molecule has 1 N–H and O–H groups in total. The largest absolute Gasteiger partial charge is 0.396 e. The Hall–Kier alpha value is -0.360. The number of rotatable bonds is 3. The highest BCUT2D eigenvalue weighted by atomic mass is 79.9. The summed E-state index contributed by atoms with van der Waals surface area (Å²) in [6.45, 7) is 0.0781. The zero-order valence-corrected chi connectivity index (χ0v) is 11.7. The van der Waals surface area contributed by atoms with Gasteiger partial charge in [0.15, 0.2) is 0 Å². The van der Waals surface area contributed by atoms with E-state index < -0.39 is 0 Å². The van der Waals surface area contributed by atoms with Crippen LogP contribution in [0.25, 0.3) is 10.6 Å². The second-order valence-corrected chi connectivity index (χ2v) is 6.12. The Morgan fingerprint density at radius 3 is 2.88 bits per heavy atom. The summed E-state index contributed by atoms with van der Waals surface area (Å²) in [5.74, 6) is 0.798. The lowest BCUT2D eigenvalue weighted by Crippen LogP contribution is -2.00. The lowest BCUT2D eigenvalue weighted by Gasteiger charge is -1.98. The minimum Gasteiger partial charge on any atom is -0.396 e. The van der Waals surface area contributed by atoms with E-state index in [9.17, 15) is 0 Å². The Morgan fingerprint density at radius 1 is 1.56 bits per heavy atom. The van der Waals surface area contributed by atoms with Crippen molar-refractivity contribution >= 4 is 38.9 Å². The Bertz CT molecular complexity index is 509. The summed E-state index contributed by atoms with van der Waals surface area (Å²) in [5.41, 5.74) is 0.781. The van der Waals surface area contributed by atoms with Crippen molar-refractivity contribution in [1.29, 1.82) is 0 Å². The summed E-state index contributed by atoms with van der Waals surface area (Å²) in [6, 6.07) is 3.95. The Kier molecular flexibility index (Phi) is 3.69. The zero-order chi connectivity index (χ0) is 11.7. The van der Waals surface area contributed by atoms with Gasteiger partial charge in [0.05, 0.1) is 15.3 Å².